The Morgan fingerprint density at radius 2 is 1.85 bits per heavy atom. The van der Waals surface area contributed by atoms with Crippen molar-refractivity contribution in [2.24, 2.45) is 5.92 Å². The van der Waals surface area contributed by atoms with Crippen molar-refractivity contribution in [1.82, 2.24) is 5.32 Å². The molecular weight excluding hydrogens is 346 g/mol. The molecule has 2 aromatic carbocycles. The van der Waals surface area contributed by atoms with Gasteiger partial charge in [-0.15, -0.1) is 0 Å². The molecule has 2 atom stereocenters. The van der Waals surface area contributed by atoms with Crippen molar-refractivity contribution in [3.63, 3.8) is 0 Å². The van der Waals surface area contributed by atoms with Crippen molar-refractivity contribution < 1.29 is 24.5 Å². The maximum absolute atomic E-state index is 13.0. The Bertz CT molecular complexity index is 923. The molecule has 2 aliphatic rings. The molecule has 2 aromatic rings. The van der Waals surface area contributed by atoms with Crippen molar-refractivity contribution in [2.45, 2.75) is 31.2 Å². The van der Waals surface area contributed by atoms with Crippen LogP contribution in [0.15, 0.2) is 48.5 Å². The SMILES string of the molecule is O=C1CCC(=O)C(CC2Cc3cc(OO)ccc3C2=O)(c2ccccc2)N1. The number of benzene rings is 2. The summed E-state index contributed by atoms with van der Waals surface area (Å²) < 4.78 is 0. The summed E-state index contributed by atoms with van der Waals surface area (Å²) in [6.07, 6.45) is 0.980. The third kappa shape index (κ3) is 2.92. The van der Waals surface area contributed by atoms with Gasteiger partial charge < -0.3 is 10.2 Å². The zero-order valence-electron chi connectivity index (χ0n) is 14.6. The van der Waals surface area contributed by atoms with Crippen molar-refractivity contribution in [3.8, 4) is 5.75 Å². The lowest BCUT2D eigenvalue weighted by molar-refractivity contribution is -0.138. The standard InChI is InChI=1S/C21H19NO5/c23-18-8-9-19(24)22-21(18,15-4-2-1-3-5-15)12-14-10-13-11-16(27-26)6-7-17(13)20(14)25/h1-7,11,14,26H,8-10,12H2,(H,22,24). The number of rotatable bonds is 4. The summed E-state index contributed by atoms with van der Waals surface area (Å²) >= 11 is 0. The van der Waals surface area contributed by atoms with Crippen LogP contribution in [-0.2, 0) is 21.5 Å². The van der Waals surface area contributed by atoms with E-state index in [9.17, 15) is 14.4 Å². The van der Waals surface area contributed by atoms with Gasteiger partial charge in [-0.1, -0.05) is 30.3 Å². The van der Waals surface area contributed by atoms with Crippen LogP contribution in [0, 0.1) is 5.92 Å². The molecule has 0 spiro atoms. The summed E-state index contributed by atoms with van der Waals surface area (Å²) in [4.78, 5) is 42.3. The smallest absolute Gasteiger partial charge is 0.221 e. The number of Topliss-reactive ketones (excluding diaryl/α,β-unsaturated/α-hetero) is 2. The van der Waals surface area contributed by atoms with E-state index in [0.717, 1.165) is 5.56 Å². The Balaban J connectivity index is 1.70. The van der Waals surface area contributed by atoms with E-state index in [2.05, 4.69) is 10.2 Å². The van der Waals surface area contributed by atoms with E-state index in [4.69, 9.17) is 5.26 Å². The molecule has 4 rings (SSSR count). The molecule has 0 radical (unpaired) electrons. The number of ketones is 2. The number of piperidine rings is 1. The number of carbonyl (C=O) groups is 3. The molecule has 1 saturated heterocycles. The van der Waals surface area contributed by atoms with Crippen LogP contribution in [0.3, 0.4) is 0 Å². The average Bonchev–Trinajstić information content (AvgIpc) is 3.00. The Kier molecular flexibility index (Phi) is 4.28. The molecule has 1 fully saturated rings. The van der Waals surface area contributed by atoms with Gasteiger partial charge in [0, 0.05) is 24.3 Å². The Labute approximate surface area is 156 Å². The number of hydrogen-bond acceptors (Lipinski definition) is 5. The third-order valence-corrected chi connectivity index (χ3v) is 5.51. The normalized spacial score (nSPS) is 24.5. The molecule has 0 aromatic heterocycles. The van der Waals surface area contributed by atoms with Crippen LogP contribution < -0.4 is 10.2 Å². The number of fused-ring (bicyclic) bond motifs is 1. The Hall–Kier alpha value is -2.99. The van der Waals surface area contributed by atoms with Crippen LogP contribution in [-0.4, -0.2) is 22.7 Å². The molecule has 2 unspecified atom stereocenters. The van der Waals surface area contributed by atoms with Gasteiger partial charge >= 0.3 is 0 Å². The fraction of sp³-hybridized carbons (Fsp3) is 0.286. The van der Waals surface area contributed by atoms with Crippen molar-refractivity contribution in [1.29, 1.82) is 0 Å². The fourth-order valence-corrected chi connectivity index (χ4v) is 4.20. The van der Waals surface area contributed by atoms with Gasteiger partial charge in [-0.05, 0) is 42.2 Å². The minimum atomic E-state index is -1.19. The van der Waals surface area contributed by atoms with Crippen LogP contribution in [0.1, 0.15) is 40.7 Å². The molecule has 0 saturated carbocycles. The summed E-state index contributed by atoms with van der Waals surface area (Å²) in [7, 11) is 0. The first-order valence-electron chi connectivity index (χ1n) is 8.92. The van der Waals surface area contributed by atoms with Gasteiger partial charge in [-0.3, -0.25) is 14.4 Å². The largest absolute Gasteiger partial charge is 0.340 e. The molecule has 2 N–H and O–H groups in total. The maximum atomic E-state index is 13.0. The van der Waals surface area contributed by atoms with Crippen LogP contribution >= 0.6 is 0 Å². The lowest BCUT2D eigenvalue weighted by Gasteiger charge is -2.38. The molecule has 0 bridgehead atoms. The van der Waals surface area contributed by atoms with Gasteiger partial charge in [0.15, 0.2) is 17.3 Å². The lowest BCUT2D eigenvalue weighted by Crippen LogP contribution is -2.56. The van der Waals surface area contributed by atoms with Gasteiger partial charge in [-0.25, -0.2) is 5.26 Å². The molecule has 138 valence electrons. The highest BCUT2D eigenvalue weighted by atomic mass is 17.1. The highest BCUT2D eigenvalue weighted by Crippen LogP contribution is 2.40. The zero-order chi connectivity index (χ0) is 19.0. The second-order valence-electron chi connectivity index (χ2n) is 7.12. The second kappa shape index (κ2) is 6.63. The predicted molar refractivity (Wildman–Crippen MR) is 96.3 cm³/mol. The van der Waals surface area contributed by atoms with Crippen LogP contribution in [0.5, 0.6) is 5.75 Å². The molecule has 6 nitrogen and oxygen atoms in total. The average molecular weight is 365 g/mol. The topological polar surface area (TPSA) is 92.7 Å². The number of hydrogen-bond donors (Lipinski definition) is 2. The quantitative estimate of drug-likeness (QED) is 0.642. The zero-order valence-corrected chi connectivity index (χ0v) is 14.6. The second-order valence-corrected chi connectivity index (χ2v) is 7.12. The first-order chi connectivity index (χ1) is 13.0. The molecule has 1 aliphatic heterocycles. The summed E-state index contributed by atoms with van der Waals surface area (Å²) in [5, 5.41) is 11.7. The molecular formula is C21H19NO5. The summed E-state index contributed by atoms with van der Waals surface area (Å²) in [6.45, 7) is 0. The van der Waals surface area contributed by atoms with E-state index >= 15 is 0 Å². The van der Waals surface area contributed by atoms with Gasteiger partial charge in [0.05, 0.1) is 0 Å². The highest BCUT2D eigenvalue weighted by molar-refractivity contribution is 6.04. The first-order valence-corrected chi connectivity index (χ1v) is 8.92. The van der Waals surface area contributed by atoms with Crippen LogP contribution in [0.25, 0.3) is 0 Å². The van der Waals surface area contributed by atoms with Crippen LogP contribution in [0.4, 0.5) is 0 Å². The number of nitrogens with one attached hydrogen (secondary N) is 1. The van der Waals surface area contributed by atoms with Gasteiger partial charge in [0.25, 0.3) is 0 Å². The molecule has 6 heteroatoms. The summed E-state index contributed by atoms with van der Waals surface area (Å²) in [5.74, 6) is -0.482. The van der Waals surface area contributed by atoms with Crippen molar-refractivity contribution >= 4 is 17.5 Å². The lowest BCUT2D eigenvalue weighted by atomic mass is 9.74. The molecule has 1 heterocycles. The molecule has 1 aliphatic carbocycles. The minimum absolute atomic E-state index is 0.0579. The van der Waals surface area contributed by atoms with Crippen LogP contribution in [0.2, 0.25) is 0 Å². The maximum Gasteiger partial charge on any atom is 0.221 e. The van der Waals surface area contributed by atoms with E-state index in [1.54, 1.807) is 12.1 Å². The number of carbonyl (C=O) groups excluding carboxylic acids is 3. The Morgan fingerprint density at radius 1 is 1.07 bits per heavy atom. The molecule has 1 amide bonds. The van der Waals surface area contributed by atoms with Crippen molar-refractivity contribution in [2.75, 3.05) is 0 Å². The fourth-order valence-electron chi connectivity index (χ4n) is 4.20. The molecule has 27 heavy (non-hydrogen) atoms. The van der Waals surface area contributed by atoms with E-state index in [0.29, 0.717) is 17.5 Å². The van der Waals surface area contributed by atoms with E-state index in [1.165, 1.54) is 6.07 Å². The van der Waals surface area contributed by atoms with E-state index in [1.807, 2.05) is 30.3 Å². The summed E-state index contributed by atoms with van der Waals surface area (Å²) in [6, 6.07) is 13.9. The van der Waals surface area contributed by atoms with Gasteiger partial charge in [0.1, 0.15) is 5.54 Å². The minimum Gasteiger partial charge on any atom is -0.340 e. The van der Waals surface area contributed by atoms with E-state index in [-0.39, 0.29) is 42.5 Å². The first kappa shape index (κ1) is 17.4. The van der Waals surface area contributed by atoms with Gasteiger partial charge in [0.2, 0.25) is 5.91 Å². The highest BCUT2D eigenvalue weighted by Gasteiger charge is 2.48. The number of amides is 1. The Morgan fingerprint density at radius 3 is 2.59 bits per heavy atom. The van der Waals surface area contributed by atoms with Gasteiger partial charge in [-0.2, -0.15) is 0 Å². The van der Waals surface area contributed by atoms with E-state index < -0.39 is 11.5 Å². The monoisotopic (exact) mass is 365 g/mol. The predicted octanol–water partition coefficient (Wildman–Crippen LogP) is 2.66. The van der Waals surface area contributed by atoms with Crippen molar-refractivity contribution in [3.05, 3.63) is 65.2 Å². The third-order valence-electron chi connectivity index (χ3n) is 5.51. The summed E-state index contributed by atoms with van der Waals surface area (Å²) in [5.41, 5.74) is 0.856.